The van der Waals surface area contributed by atoms with Gasteiger partial charge in [0.25, 0.3) is 0 Å². The Bertz CT molecular complexity index is 575. The number of nitrogens with one attached hydrogen (secondary N) is 1. The van der Waals surface area contributed by atoms with Crippen LogP contribution in [0.4, 0.5) is 0 Å². The summed E-state index contributed by atoms with van der Waals surface area (Å²) in [5.41, 5.74) is 1.08. The molecule has 0 unspecified atom stereocenters. The van der Waals surface area contributed by atoms with E-state index in [1.54, 1.807) is 18.2 Å². The van der Waals surface area contributed by atoms with Crippen LogP contribution in [-0.2, 0) is 23.1 Å². The summed E-state index contributed by atoms with van der Waals surface area (Å²) in [4.78, 5) is 0.305. The van der Waals surface area contributed by atoms with Gasteiger partial charge in [0.15, 0.2) is 0 Å². The highest BCUT2D eigenvalue weighted by Crippen LogP contribution is 2.31. The Kier molecular flexibility index (Phi) is 4.52. The number of hydrogen-bond acceptors (Lipinski definition) is 3. The second-order valence-electron chi connectivity index (χ2n) is 5.83. The third-order valence-corrected chi connectivity index (χ3v) is 5.79. The van der Waals surface area contributed by atoms with Crippen molar-refractivity contribution in [3.63, 3.8) is 0 Å². The third-order valence-electron chi connectivity index (χ3n) is 4.07. The summed E-state index contributed by atoms with van der Waals surface area (Å²) in [6.07, 6.45) is 4.55. The van der Waals surface area contributed by atoms with Crippen LogP contribution in [-0.4, -0.2) is 19.1 Å². The zero-order valence-electron chi connectivity index (χ0n) is 12.1. The molecule has 0 aromatic heterocycles. The van der Waals surface area contributed by atoms with Crippen molar-refractivity contribution < 1.29 is 13.5 Å². The zero-order valence-corrected chi connectivity index (χ0v) is 13.0. The van der Waals surface area contributed by atoms with Crippen molar-refractivity contribution in [2.45, 2.75) is 63.0 Å². The normalized spacial score (nSPS) is 18.4. The topological polar surface area (TPSA) is 66.4 Å². The van der Waals surface area contributed by atoms with Crippen LogP contribution in [0.5, 0.6) is 0 Å². The van der Waals surface area contributed by atoms with Crippen LogP contribution in [0, 0.1) is 0 Å². The number of sulfonamides is 1. The van der Waals surface area contributed by atoms with Crippen LogP contribution in [0.25, 0.3) is 0 Å². The van der Waals surface area contributed by atoms with Crippen LogP contribution in [0.15, 0.2) is 23.1 Å². The van der Waals surface area contributed by atoms with E-state index in [2.05, 4.69) is 4.72 Å². The predicted molar refractivity (Wildman–Crippen MR) is 78.9 cm³/mol. The van der Waals surface area contributed by atoms with E-state index in [0.29, 0.717) is 16.9 Å². The maximum absolute atomic E-state index is 12.6. The summed E-state index contributed by atoms with van der Waals surface area (Å²) >= 11 is 0. The van der Waals surface area contributed by atoms with Gasteiger partial charge in [0.05, 0.1) is 11.5 Å². The van der Waals surface area contributed by atoms with Gasteiger partial charge >= 0.3 is 0 Å². The average molecular weight is 297 g/mol. The molecular weight excluding hydrogens is 274 g/mol. The van der Waals surface area contributed by atoms with Gasteiger partial charge in [-0.15, -0.1) is 0 Å². The lowest BCUT2D eigenvalue weighted by molar-refractivity contribution is 0.281. The van der Waals surface area contributed by atoms with E-state index in [4.69, 9.17) is 0 Å². The van der Waals surface area contributed by atoms with Gasteiger partial charge in [0, 0.05) is 5.54 Å². The minimum Gasteiger partial charge on any atom is -0.392 e. The lowest BCUT2D eigenvalue weighted by Crippen LogP contribution is -2.43. The van der Waals surface area contributed by atoms with Crippen molar-refractivity contribution in [3.05, 3.63) is 29.3 Å². The Morgan fingerprint density at radius 2 is 1.95 bits per heavy atom. The van der Waals surface area contributed by atoms with Crippen LogP contribution >= 0.6 is 0 Å². The molecule has 1 aliphatic carbocycles. The fourth-order valence-electron chi connectivity index (χ4n) is 2.88. The largest absolute Gasteiger partial charge is 0.392 e. The monoisotopic (exact) mass is 297 g/mol. The van der Waals surface area contributed by atoms with Crippen LogP contribution in [0.3, 0.4) is 0 Å². The van der Waals surface area contributed by atoms with Crippen molar-refractivity contribution in [1.29, 1.82) is 0 Å². The molecule has 0 amide bonds. The van der Waals surface area contributed by atoms with Gasteiger partial charge in [-0.2, -0.15) is 0 Å². The summed E-state index contributed by atoms with van der Waals surface area (Å²) in [5, 5.41) is 9.21. The van der Waals surface area contributed by atoms with Gasteiger partial charge < -0.3 is 5.11 Å². The molecule has 0 heterocycles. The molecule has 1 fully saturated rings. The van der Waals surface area contributed by atoms with Gasteiger partial charge in [-0.3, -0.25) is 0 Å². The fourth-order valence-corrected chi connectivity index (χ4v) is 4.70. The molecule has 2 rings (SSSR count). The van der Waals surface area contributed by atoms with E-state index >= 15 is 0 Å². The first-order chi connectivity index (χ1) is 9.40. The molecule has 1 aliphatic rings. The van der Waals surface area contributed by atoms with Crippen LogP contribution < -0.4 is 4.72 Å². The molecule has 2 N–H and O–H groups in total. The number of aliphatic hydroxyl groups excluding tert-OH is 1. The molecule has 1 saturated carbocycles. The van der Waals surface area contributed by atoms with Gasteiger partial charge in [0.2, 0.25) is 10.0 Å². The Morgan fingerprint density at radius 3 is 2.50 bits per heavy atom. The molecule has 1 aromatic carbocycles. The maximum atomic E-state index is 12.6. The van der Waals surface area contributed by atoms with Crippen molar-refractivity contribution in [2.75, 3.05) is 0 Å². The molecule has 0 bridgehead atoms. The summed E-state index contributed by atoms with van der Waals surface area (Å²) in [6.45, 7) is 3.76. The molecule has 1 aromatic rings. The molecular formula is C15H23NO3S. The highest BCUT2D eigenvalue weighted by atomic mass is 32.2. The second kappa shape index (κ2) is 5.84. The molecule has 0 saturated heterocycles. The highest BCUT2D eigenvalue weighted by molar-refractivity contribution is 7.89. The Morgan fingerprint density at radius 1 is 1.30 bits per heavy atom. The molecule has 0 spiro atoms. The van der Waals surface area contributed by atoms with Gasteiger partial charge in [-0.05, 0) is 43.4 Å². The van der Waals surface area contributed by atoms with Gasteiger partial charge in [-0.1, -0.05) is 31.9 Å². The van der Waals surface area contributed by atoms with E-state index in [1.165, 1.54) is 0 Å². The first kappa shape index (κ1) is 15.5. The Labute approximate surface area is 121 Å². The smallest absolute Gasteiger partial charge is 0.241 e. The van der Waals surface area contributed by atoms with E-state index in [1.807, 2.05) is 13.8 Å². The SMILES string of the molecule is CCc1ccc(CO)cc1S(=O)(=O)NC1(C)CCCC1. The van der Waals surface area contributed by atoms with Crippen LogP contribution in [0.1, 0.15) is 50.7 Å². The lowest BCUT2D eigenvalue weighted by atomic mass is 10.0. The summed E-state index contributed by atoms with van der Waals surface area (Å²) in [7, 11) is -3.54. The third kappa shape index (κ3) is 3.22. The highest BCUT2D eigenvalue weighted by Gasteiger charge is 2.34. The van der Waals surface area contributed by atoms with Crippen molar-refractivity contribution in [1.82, 2.24) is 4.72 Å². The minimum atomic E-state index is -3.54. The predicted octanol–water partition coefficient (Wildman–Crippen LogP) is 2.35. The van der Waals surface area contributed by atoms with E-state index in [-0.39, 0.29) is 12.1 Å². The first-order valence-electron chi connectivity index (χ1n) is 7.17. The minimum absolute atomic E-state index is 0.149. The van der Waals surface area contributed by atoms with Gasteiger partial charge in [-0.25, -0.2) is 13.1 Å². The van der Waals surface area contributed by atoms with E-state index < -0.39 is 10.0 Å². The second-order valence-corrected chi connectivity index (χ2v) is 7.48. The molecule has 0 radical (unpaired) electrons. The Balaban J connectivity index is 2.37. The zero-order chi connectivity index (χ0) is 14.8. The van der Waals surface area contributed by atoms with Gasteiger partial charge in [0.1, 0.15) is 0 Å². The maximum Gasteiger partial charge on any atom is 0.241 e. The first-order valence-corrected chi connectivity index (χ1v) is 8.65. The average Bonchev–Trinajstić information content (AvgIpc) is 2.83. The van der Waals surface area contributed by atoms with E-state index in [9.17, 15) is 13.5 Å². The standard InChI is InChI=1S/C15H23NO3S/c1-3-13-7-6-12(11-17)10-14(13)20(18,19)16-15(2)8-4-5-9-15/h6-7,10,16-17H,3-5,8-9,11H2,1-2H3. The molecule has 0 atom stereocenters. The number of hydrogen-bond donors (Lipinski definition) is 2. The number of aryl methyl sites for hydroxylation is 1. The molecule has 4 nitrogen and oxygen atoms in total. The number of benzene rings is 1. The summed E-state index contributed by atoms with van der Waals surface area (Å²) < 4.78 is 28.2. The Hall–Kier alpha value is -0.910. The molecule has 20 heavy (non-hydrogen) atoms. The summed E-state index contributed by atoms with van der Waals surface area (Å²) in [6, 6.07) is 5.14. The summed E-state index contributed by atoms with van der Waals surface area (Å²) in [5.74, 6) is 0. The van der Waals surface area contributed by atoms with E-state index in [0.717, 1.165) is 31.2 Å². The molecule has 0 aliphatic heterocycles. The number of aliphatic hydroxyl groups is 1. The van der Waals surface area contributed by atoms with Crippen molar-refractivity contribution >= 4 is 10.0 Å². The van der Waals surface area contributed by atoms with Crippen molar-refractivity contribution in [3.8, 4) is 0 Å². The fraction of sp³-hybridized carbons (Fsp3) is 0.600. The lowest BCUT2D eigenvalue weighted by Gasteiger charge is -2.25. The van der Waals surface area contributed by atoms with Crippen molar-refractivity contribution in [2.24, 2.45) is 0 Å². The molecule has 112 valence electrons. The number of rotatable bonds is 5. The van der Waals surface area contributed by atoms with Crippen LogP contribution in [0.2, 0.25) is 0 Å². The quantitative estimate of drug-likeness (QED) is 0.876. The molecule has 5 heteroatoms.